The summed E-state index contributed by atoms with van der Waals surface area (Å²) < 4.78 is 6.86. The fraction of sp³-hybridized carbons (Fsp3) is 0.333. The van der Waals surface area contributed by atoms with Crippen LogP contribution in [0.4, 0.5) is 0 Å². The van der Waals surface area contributed by atoms with Crippen molar-refractivity contribution >= 4 is 0 Å². The molecular weight excluding hydrogens is 102 g/mol. The van der Waals surface area contributed by atoms with Crippen LogP contribution in [-0.4, -0.2) is 11.7 Å². The second kappa shape index (κ2) is 1.90. The Kier molecular flexibility index (Phi) is 1.24. The molecule has 1 rings (SSSR count). The largest absolute Gasteiger partial charge is 0.495 e. The van der Waals surface area contributed by atoms with Gasteiger partial charge in [0.2, 0.25) is 0 Å². The third kappa shape index (κ3) is 0.832. The summed E-state index contributed by atoms with van der Waals surface area (Å²) >= 11 is 0. The number of ether oxygens (including phenoxy) is 1. The zero-order valence-corrected chi connectivity index (χ0v) is 5.09. The molecule has 0 fully saturated rings. The van der Waals surface area contributed by atoms with Crippen LogP contribution >= 0.6 is 0 Å². The lowest BCUT2D eigenvalue weighted by Crippen LogP contribution is -1.80. The van der Waals surface area contributed by atoms with Crippen molar-refractivity contribution in [1.29, 1.82) is 0 Å². The Labute approximate surface area is 48.7 Å². The van der Waals surface area contributed by atoms with Gasteiger partial charge in [-0.1, -0.05) is 0 Å². The van der Waals surface area contributed by atoms with E-state index in [0.717, 1.165) is 5.75 Å². The van der Waals surface area contributed by atoms with Crippen molar-refractivity contribution in [3.8, 4) is 5.75 Å². The van der Waals surface area contributed by atoms with Gasteiger partial charge >= 0.3 is 0 Å². The molecule has 0 bridgehead atoms. The van der Waals surface area contributed by atoms with E-state index < -0.39 is 0 Å². The van der Waals surface area contributed by atoms with E-state index in [1.54, 1.807) is 7.11 Å². The number of hydrogen-bond acceptors (Lipinski definition) is 1. The number of aromatic nitrogens is 1. The van der Waals surface area contributed by atoms with E-state index in [1.165, 1.54) is 0 Å². The van der Waals surface area contributed by atoms with Crippen molar-refractivity contribution in [3.63, 3.8) is 0 Å². The van der Waals surface area contributed by atoms with Crippen LogP contribution in [0.2, 0.25) is 0 Å². The van der Waals surface area contributed by atoms with Crippen LogP contribution in [0.5, 0.6) is 5.75 Å². The minimum Gasteiger partial charge on any atom is -0.495 e. The number of rotatable bonds is 1. The summed E-state index contributed by atoms with van der Waals surface area (Å²) in [5.74, 6) is 0.910. The quantitative estimate of drug-likeness (QED) is 0.528. The molecule has 0 unspecified atom stereocenters. The predicted molar refractivity (Wildman–Crippen MR) is 32.0 cm³/mol. The van der Waals surface area contributed by atoms with E-state index in [-0.39, 0.29) is 0 Å². The van der Waals surface area contributed by atoms with Crippen molar-refractivity contribution in [2.45, 2.75) is 0 Å². The van der Waals surface area contributed by atoms with Crippen LogP contribution in [-0.2, 0) is 7.05 Å². The highest BCUT2D eigenvalue weighted by molar-refractivity contribution is 5.16. The van der Waals surface area contributed by atoms with Gasteiger partial charge in [0.15, 0.2) is 0 Å². The zero-order chi connectivity index (χ0) is 5.98. The molecule has 44 valence electrons. The molecule has 2 heteroatoms. The first-order valence-electron chi connectivity index (χ1n) is 2.49. The molecular formula is C6H9NO. The first kappa shape index (κ1) is 5.22. The summed E-state index contributed by atoms with van der Waals surface area (Å²) in [7, 11) is 3.62. The van der Waals surface area contributed by atoms with Gasteiger partial charge in [0, 0.05) is 19.4 Å². The Morgan fingerprint density at radius 1 is 1.62 bits per heavy atom. The van der Waals surface area contributed by atoms with Crippen LogP contribution in [0, 0.1) is 0 Å². The molecule has 1 heterocycles. The minimum absolute atomic E-state index is 0.910. The Bertz CT molecular complexity index is 169. The third-order valence-corrected chi connectivity index (χ3v) is 1.04. The minimum atomic E-state index is 0.910. The van der Waals surface area contributed by atoms with Crippen LogP contribution in [0.15, 0.2) is 18.5 Å². The van der Waals surface area contributed by atoms with Crippen LogP contribution in [0.25, 0.3) is 0 Å². The van der Waals surface area contributed by atoms with Gasteiger partial charge in [-0.25, -0.2) is 0 Å². The lowest BCUT2D eigenvalue weighted by atomic mass is 10.6. The lowest BCUT2D eigenvalue weighted by Gasteiger charge is -1.89. The Hall–Kier alpha value is -0.920. The van der Waals surface area contributed by atoms with Gasteiger partial charge in [-0.15, -0.1) is 0 Å². The van der Waals surface area contributed by atoms with Gasteiger partial charge in [0.05, 0.1) is 7.11 Å². The first-order chi connectivity index (χ1) is 3.83. The molecule has 8 heavy (non-hydrogen) atoms. The van der Waals surface area contributed by atoms with E-state index in [1.807, 2.05) is 30.1 Å². The van der Waals surface area contributed by atoms with E-state index in [0.29, 0.717) is 0 Å². The molecule has 0 amide bonds. The molecule has 0 N–H and O–H groups in total. The number of aryl methyl sites for hydroxylation is 1. The number of methoxy groups -OCH3 is 1. The van der Waals surface area contributed by atoms with Crippen molar-refractivity contribution in [1.82, 2.24) is 4.57 Å². The molecule has 0 atom stereocenters. The van der Waals surface area contributed by atoms with Crippen LogP contribution in [0.3, 0.4) is 0 Å². The van der Waals surface area contributed by atoms with Crippen LogP contribution in [0.1, 0.15) is 0 Å². The fourth-order valence-electron chi connectivity index (χ4n) is 0.599. The summed E-state index contributed by atoms with van der Waals surface area (Å²) in [6.45, 7) is 0. The highest BCUT2D eigenvalue weighted by Crippen LogP contribution is 2.06. The molecule has 0 saturated carbocycles. The van der Waals surface area contributed by atoms with E-state index in [2.05, 4.69) is 0 Å². The Morgan fingerprint density at radius 2 is 2.38 bits per heavy atom. The highest BCUT2D eigenvalue weighted by Gasteiger charge is 1.87. The van der Waals surface area contributed by atoms with Crippen molar-refractivity contribution < 1.29 is 4.74 Å². The summed E-state index contributed by atoms with van der Waals surface area (Å²) in [6, 6.07) is 1.92. The second-order valence-electron chi connectivity index (χ2n) is 1.72. The monoisotopic (exact) mass is 111 g/mol. The number of hydrogen-bond donors (Lipinski definition) is 0. The normalized spacial score (nSPS) is 9.25. The average molecular weight is 111 g/mol. The highest BCUT2D eigenvalue weighted by atomic mass is 16.5. The fourth-order valence-corrected chi connectivity index (χ4v) is 0.599. The van der Waals surface area contributed by atoms with Gasteiger partial charge in [-0.05, 0) is 6.07 Å². The van der Waals surface area contributed by atoms with Gasteiger partial charge in [0.1, 0.15) is 5.75 Å². The molecule has 0 radical (unpaired) electrons. The maximum absolute atomic E-state index is 4.91. The summed E-state index contributed by atoms with van der Waals surface area (Å²) in [5.41, 5.74) is 0. The standard InChI is InChI=1S/C6H9NO/c1-7-4-3-6(5-7)8-2/h3-5H,1-2H3. The van der Waals surface area contributed by atoms with Crippen molar-refractivity contribution in [2.75, 3.05) is 7.11 Å². The van der Waals surface area contributed by atoms with E-state index in [9.17, 15) is 0 Å². The van der Waals surface area contributed by atoms with Crippen molar-refractivity contribution in [2.24, 2.45) is 7.05 Å². The van der Waals surface area contributed by atoms with Gasteiger partial charge in [-0.2, -0.15) is 0 Å². The maximum atomic E-state index is 4.91. The van der Waals surface area contributed by atoms with Gasteiger partial charge < -0.3 is 9.30 Å². The first-order valence-corrected chi connectivity index (χ1v) is 2.49. The van der Waals surface area contributed by atoms with Crippen molar-refractivity contribution in [3.05, 3.63) is 18.5 Å². The third-order valence-electron chi connectivity index (χ3n) is 1.04. The average Bonchev–Trinajstić information content (AvgIpc) is 2.14. The molecule has 0 aliphatic heterocycles. The molecule has 0 aliphatic carbocycles. The van der Waals surface area contributed by atoms with Gasteiger partial charge in [-0.3, -0.25) is 0 Å². The SMILES string of the molecule is COc1ccn(C)c1. The lowest BCUT2D eigenvalue weighted by molar-refractivity contribution is 0.414. The molecule has 0 aromatic carbocycles. The van der Waals surface area contributed by atoms with Gasteiger partial charge in [0.25, 0.3) is 0 Å². The molecule has 0 aliphatic rings. The summed E-state index contributed by atoms with van der Waals surface area (Å²) in [5, 5.41) is 0. The summed E-state index contributed by atoms with van der Waals surface area (Å²) in [4.78, 5) is 0. The molecule has 0 spiro atoms. The zero-order valence-electron chi connectivity index (χ0n) is 5.09. The molecule has 1 aromatic heterocycles. The second-order valence-corrected chi connectivity index (χ2v) is 1.72. The topological polar surface area (TPSA) is 14.2 Å². The Balaban J connectivity index is 2.84. The van der Waals surface area contributed by atoms with E-state index in [4.69, 9.17) is 4.74 Å². The maximum Gasteiger partial charge on any atom is 0.136 e. The Morgan fingerprint density at radius 3 is 2.62 bits per heavy atom. The predicted octanol–water partition coefficient (Wildman–Crippen LogP) is 1.03. The smallest absolute Gasteiger partial charge is 0.136 e. The molecule has 1 aromatic rings. The van der Waals surface area contributed by atoms with Crippen LogP contribution < -0.4 is 4.74 Å². The summed E-state index contributed by atoms with van der Waals surface area (Å²) in [6.07, 6.45) is 3.86. The van der Waals surface area contributed by atoms with E-state index >= 15 is 0 Å². The molecule has 0 saturated heterocycles. The number of nitrogens with zero attached hydrogens (tertiary/aromatic N) is 1. The molecule has 2 nitrogen and oxygen atoms in total.